The van der Waals surface area contributed by atoms with Crippen LogP contribution in [0.2, 0.25) is 0 Å². The van der Waals surface area contributed by atoms with E-state index in [1.807, 2.05) is 24.3 Å². The van der Waals surface area contributed by atoms with Crippen LogP contribution >= 0.6 is 7.06 Å². The van der Waals surface area contributed by atoms with Gasteiger partial charge in [0, 0.05) is 0 Å². The standard InChI is InChI=1S/C11H13O2P/c1-14(8-4-5-9-14)12-10-6-2-3-7-11(10)13-14/h2-7H,8-9H2,1H3. The predicted molar refractivity (Wildman–Crippen MR) is 59.4 cm³/mol. The van der Waals surface area contributed by atoms with Crippen LogP contribution in [-0.2, 0) is 0 Å². The molecule has 0 aromatic heterocycles. The third kappa shape index (κ3) is 1.01. The molecule has 0 fully saturated rings. The van der Waals surface area contributed by atoms with Crippen molar-refractivity contribution in [1.29, 1.82) is 0 Å². The fourth-order valence-corrected chi connectivity index (χ4v) is 5.34. The van der Waals surface area contributed by atoms with Crippen LogP contribution in [-0.4, -0.2) is 19.0 Å². The van der Waals surface area contributed by atoms with Crippen molar-refractivity contribution in [2.75, 3.05) is 19.0 Å². The molecule has 0 saturated heterocycles. The zero-order chi connectivity index (χ0) is 9.67. The Bertz CT molecular complexity index is 388. The molecule has 0 N–H and O–H groups in total. The molecule has 0 atom stereocenters. The van der Waals surface area contributed by atoms with E-state index >= 15 is 0 Å². The number of para-hydroxylation sites is 2. The van der Waals surface area contributed by atoms with Gasteiger partial charge in [0.1, 0.15) is 0 Å². The minimum absolute atomic E-state index is 0.913. The first kappa shape index (κ1) is 8.31. The molecule has 0 saturated carbocycles. The van der Waals surface area contributed by atoms with Crippen molar-refractivity contribution in [3.05, 3.63) is 36.4 Å². The molecule has 2 nitrogen and oxygen atoms in total. The van der Waals surface area contributed by atoms with Gasteiger partial charge in [0.05, 0.1) is 0 Å². The molecule has 3 rings (SSSR count). The first-order valence-electron chi connectivity index (χ1n) is 4.83. The maximum atomic E-state index is 6.09. The van der Waals surface area contributed by atoms with E-state index in [2.05, 4.69) is 18.8 Å². The van der Waals surface area contributed by atoms with E-state index in [-0.39, 0.29) is 0 Å². The Kier molecular flexibility index (Phi) is 1.38. The molecule has 0 radical (unpaired) electrons. The van der Waals surface area contributed by atoms with Gasteiger partial charge >= 0.3 is 83.0 Å². The van der Waals surface area contributed by atoms with Crippen LogP contribution in [0.15, 0.2) is 36.4 Å². The van der Waals surface area contributed by atoms with E-state index in [4.69, 9.17) is 9.05 Å². The van der Waals surface area contributed by atoms with Crippen molar-refractivity contribution >= 4 is 7.06 Å². The summed E-state index contributed by atoms with van der Waals surface area (Å²) in [5, 5.41) is 0. The predicted octanol–water partition coefficient (Wildman–Crippen LogP) is 3.04. The molecule has 0 amide bonds. The second kappa shape index (κ2) is 2.32. The molecule has 14 heavy (non-hydrogen) atoms. The van der Waals surface area contributed by atoms with E-state index in [9.17, 15) is 0 Å². The number of hydrogen-bond donors (Lipinski definition) is 0. The number of benzene rings is 1. The Morgan fingerprint density at radius 3 is 2.00 bits per heavy atom. The van der Waals surface area contributed by atoms with E-state index in [1.165, 1.54) is 0 Å². The average Bonchev–Trinajstić information content (AvgIpc) is 2.67. The second-order valence-electron chi connectivity index (χ2n) is 4.28. The number of fused-ring (bicyclic) bond motifs is 1. The summed E-state index contributed by atoms with van der Waals surface area (Å²) in [6.45, 7) is 2.16. The van der Waals surface area contributed by atoms with E-state index < -0.39 is 7.06 Å². The molecular weight excluding hydrogens is 195 g/mol. The van der Waals surface area contributed by atoms with Crippen LogP contribution in [0, 0.1) is 0 Å². The van der Waals surface area contributed by atoms with Crippen LogP contribution in [0.5, 0.6) is 11.5 Å². The van der Waals surface area contributed by atoms with Crippen molar-refractivity contribution in [1.82, 2.24) is 0 Å². The molecular formula is C11H13O2P. The molecule has 74 valence electrons. The molecule has 1 spiro atoms. The third-order valence-electron chi connectivity index (χ3n) is 2.86. The van der Waals surface area contributed by atoms with Crippen molar-refractivity contribution in [2.45, 2.75) is 0 Å². The summed E-state index contributed by atoms with van der Waals surface area (Å²) >= 11 is 0. The van der Waals surface area contributed by atoms with Crippen molar-refractivity contribution in [3.63, 3.8) is 0 Å². The summed E-state index contributed by atoms with van der Waals surface area (Å²) < 4.78 is 12.2. The van der Waals surface area contributed by atoms with Crippen molar-refractivity contribution in [3.8, 4) is 11.5 Å². The second-order valence-corrected chi connectivity index (χ2v) is 9.00. The van der Waals surface area contributed by atoms with Crippen LogP contribution in [0.4, 0.5) is 0 Å². The zero-order valence-electron chi connectivity index (χ0n) is 8.14. The molecule has 0 bridgehead atoms. The molecule has 1 aromatic rings. The van der Waals surface area contributed by atoms with Gasteiger partial charge in [-0.2, -0.15) is 0 Å². The number of allylic oxidation sites excluding steroid dienone is 2. The summed E-state index contributed by atoms with van der Waals surface area (Å²) in [6, 6.07) is 7.94. The maximum absolute atomic E-state index is 6.09. The molecule has 0 aliphatic carbocycles. The number of hydrogen-bond acceptors (Lipinski definition) is 2. The molecule has 0 unspecified atom stereocenters. The monoisotopic (exact) mass is 208 g/mol. The molecule has 2 aliphatic rings. The number of rotatable bonds is 0. The van der Waals surface area contributed by atoms with Gasteiger partial charge in [-0.15, -0.1) is 0 Å². The summed E-state index contributed by atoms with van der Waals surface area (Å²) in [5.74, 6) is 1.83. The first-order valence-corrected chi connectivity index (χ1v) is 7.72. The fraction of sp³-hybridized carbons (Fsp3) is 0.273. The Balaban J connectivity index is 2.06. The van der Waals surface area contributed by atoms with Crippen LogP contribution < -0.4 is 9.05 Å². The summed E-state index contributed by atoms with van der Waals surface area (Å²) in [4.78, 5) is 0. The van der Waals surface area contributed by atoms with Crippen molar-refractivity contribution < 1.29 is 9.05 Å². The van der Waals surface area contributed by atoms with E-state index in [0.717, 1.165) is 23.8 Å². The van der Waals surface area contributed by atoms with Gasteiger partial charge in [0.2, 0.25) is 0 Å². The Labute approximate surface area is 83.6 Å². The van der Waals surface area contributed by atoms with Gasteiger partial charge in [-0.1, -0.05) is 0 Å². The third-order valence-corrected chi connectivity index (χ3v) is 6.55. The van der Waals surface area contributed by atoms with Gasteiger partial charge in [0.15, 0.2) is 0 Å². The Hall–Kier alpha value is -1.01. The van der Waals surface area contributed by atoms with Crippen LogP contribution in [0.3, 0.4) is 0 Å². The Morgan fingerprint density at radius 1 is 1.00 bits per heavy atom. The summed E-state index contributed by atoms with van der Waals surface area (Å²) in [6.07, 6.45) is 6.23. The van der Waals surface area contributed by atoms with Crippen molar-refractivity contribution in [2.24, 2.45) is 0 Å². The summed E-state index contributed by atoms with van der Waals surface area (Å²) in [5.41, 5.74) is 0. The first-order chi connectivity index (χ1) is 6.68. The zero-order valence-corrected chi connectivity index (χ0v) is 9.04. The minimum atomic E-state index is -2.36. The van der Waals surface area contributed by atoms with Crippen LogP contribution in [0.1, 0.15) is 0 Å². The fourth-order valence-electron chi connectivity index (χ4n) is 2.08. The average molecular weight is 208 g/mol. The quantitative estimate of drug-likeness (QED) is 0.482. The van der Waals surface area contributed by atoms with Gasteiger partial charge in [-0.25, -0.2) is 0 Å². The van der Waals surface area contributed by atoms with Crippen LogP contribution in [0.25, 0.3) is 0 Å². The van der Waals surface area contributed by atoms with Gasteiger partial charge in [-0.05, 0) is 0 Å². The van der Waals surface area contributed by atoms with Gasteiger partial charge in [0.25, 0.3) is 0 Å². The normalized spacial score (nSPS) is 27.4. The summed E-state index contributed by atoms with van der Waals surface area (Å²) in [7, 11) is -2.36. The molecule has 3 heteroatoms. The molecule has 1 aromatic carbocycles. The SMILES string of the molecule is CP12(CC=CC1)Oc1ccccc1O2. The van der Waals surface area contributed by atoms with Gasteiger partial charge < -0.3 is 0 Å². The van der Waals surface area contributed by atoms with E-state index in [0.29, 0.717) is 0 Å². The molecule has 2 heterocycles. The molecule has 2 aliphatic heterocycles. The van der Waals surface area contributed by atoms with E-state index in [1.54, 1.807) is 0 Å². The van der Waals surface area contributed by atoms with Gasteiger partial charge in [-0.3, -0.25) is 0 Å². The topological polar surface area (TPSA) is 18.5 Å². The Morgan fingerprint density at radius 2 is 1.50 bits per heavy atom.